The van der Waals surface area contributed by atoms with Crippen LogP contribution in [0, 0.1) is 5.41 Å². The maximum Gasteiger partial charge on any atom is 0.335 e. The van der Waals surface area contributed by atoms with Crippen molar-refractivity contribution in [2.24, 2.45) is 5.41 Å². The second kappa shape index (κ2) is 5.67. The zero-order chi connectivity index (χ0) is 18.6. The normalized spacial score (nSPS) is 25.0. The summed E-state index contributed by atoms with van der Waals surface area (Å²) < 4.78 is 5.55. The molecule has 0 radical (unpaired) electrons. The maximum atomic E-state index is 13.6. The lowest BCUT2D eigenvalue weighted by Crippen LogP contribution is -2.36. The van der Waals surface area contributed by atoms with Crippen LogP contribution in [-0.4, -0.2) is 30.2 Å². The number of nitrogens with zero attached hydrogens (tertiary/aromatic N) is 1. The van der Waals surface area contributed by atoms with E-state index < -0.39 is 11.4 Å². The van der Waals surface area contributed by atoms with Crippen molar-refractivity contribution in [2.45, 2.75) is 31.2 Å². The van der Waals surface area contributed by atoms with Gasteiger partial charge in [-0.05, 0) is 54.0 Å². The predicted octanol–water partition coefficient (Wildman–Crippen LogP) is 3.37. The lowest BCUT2D eigenvalue weighted by atomic mass is 9.82. The largest absolute Gasteiger partial charge is 0.478 e. The smallest absolute Gasteiger partial charge is 0.335 e. The van der Waals surface area contributed by atoms with Crippen LogP contribution in [0.4, 0.5) is 5.69 Å². The fourth-order valence-corrected chi connectivity index (χ4v) is 5.18. The van der Waals surface area contributed by atoms with E-state index in [4.69, 9.17) is 4.74 Å². The van der Waals surface area contributed by atoms with Gasteiger partial charge in [0, 0.05) is 18.9 Å². The average Bonchev–Trinajstić information content (AvgIpc) is 3.27. The molecular weight excluding hydrogens is 342 g/mol. The Bertz CT molecular complexity index is 947. The molecule has 0 bridgehead atoms. The van der Waals surface area contributed by atoms with Crippen molar-refractivity contribution in [1.82, 2.24) is 0 Å². The van der Waals surface area contributed by atoms with E-state index >= 15 is 0 Å². The number of ether oxygens (including phenoxy) is 1. The van der Waals surface area contributed by atoms with Crippen LogP contribution in [0.3, 0.4) is 0 Å². The predicted molar refractivity (Wildman–Crippen MR) is 99.8 cm³/mol. The molecule has 5 nitrogen and oxygen atoms in total. The number of carboxylic acids is 1. The van der Waals surface area contributed by atoms with Crippen molar-refractivity contribution >= 4 is 17.6 Å². The molecule has 1 saturated heterocycles. The first-order valence-electron chi connectivity index (χ1n) is 9.39. The Morgan fingerprint density at radius 1 is 1.11 bits per heavy atom. The molecule has 138 valence electrons. The van der Waals surface area contributed by atoms with Crippen LogP contribution >= 0.6 is 0 Å². The molecule has 1 N–H and O–H groups in total. The van der Waals surface area contributed by atoms with Gasteiger partial charge in [0.15, 0.2) is 0 Å². The fourth-order valence-electron chi connectivity index (χ4n) is 5.18. The van der Waals surface area contributed by atoms with Gasteiger partial charge in [0.1, 0.15) is 0 Å². The Labute approximate surface area is 157 Å². The van der Waals surface area contributed by atoms with Gasteiger partial charge in [0.2, 0.25) is 5.91 Å². The molecular formula is C22H21NO4. The second-order valence-electron chi connectivity index (χ2n) is 7.89. The Kier molecular flexibility index (Phi) is 3.46. The van der Waals surface area contributed by atoms with Crippen LogP contribution in [0.25, 0.3) is 0 Å². The molecule has 5 rings (SSSR count). The van der Waals surface area contributed by atoms with E-state index in [9.17, 15) is 14.7 Å². The minimum Gasteiger partial charge on any atom is -0.478 e. The Morgan fingerprint density at radius 3 is 2.67 bits per heavy atom. The number of carbonyl (C=O) groups is 2. The second-order valence-corrected chi connectivity index (χ2v) is 7.89. The maximum absolute atomic E-state index is 13.6. The van der Waals surface area contributed by atoms with E-state index in [2.05, 4.69) is 6.07 Å². The highest BCUT2D eigenvalue weighted by molar-refractivity contribution is 6.11. The van der Waals surface area contributed by atoms with Crippen molar-refractivity contribution < 1.29 is 19.4 Å². The number of carbonyl (C=O) groups excluding carboxylic acids is 1. The highest BCUT2D eigenvalue weighted by atomic mass is 16.5. The molecule has 5 heteroatoms. The lowest BCUT2D eigenvalue weighted by Gasteiger charge is -2.27. The summed E-state index contributed by atoms with van der Waals surface area (Å²) in [6, 6.07) is 14.9. The van der Waals surface area contributed by atoms with E-state index in [-0.39, 0.29) is 16.9 Å². The van der Waals surface area contributed by atoms with Gasteiger partial charge < -0.3 is 14.7 Å². The number of benzene rings is 2. The third-order valence-electron chi connectivity index (χ3n) is 6.61. The summed E-state index contributed by atoms with van der Waals surface area (Å²) in [6.07, 6.45) is 2.75. The van der Waals surface area contributed by atoms with E-state index in [1.807, 2.05) is 29.2 Å². The van der Waals surface area contributed by atoms with Crippen LogP contribution in [0.1, 0.15) is 40.7 Å². The minimum absolute atomic E-state index is 0.0239. The molecule has 1 atom stereocenters. The third-order valence-corrected chi connectivity index (χ3v) is 6.61. The summed E-state index contributed by atoms with van der Waals surface area (Å²) in [7, 11) is 0. The van der Waals surface area contributed by atoms with E-state index in [1.165, 1.54) is 0 Å². The van der Waals surface area contributed by atoms with E-state index in [0.717, 1.165) is 49.3 Å². The molecule has 0 aromatic heterocycles. The molecule has 1 saturated carbocycles. The molecule has 2 aliphatic heterocycles. The summed E-state index contributed by atoms with van der Waals surface area (Å²) in [5.41, 5.74) is 2.78. The first-order valence-corrected chi connectivity index (χ1v) is 9.39. The fraction of sp³-hybridized carbons (Fsp3) is 0.364. The molecule has 3 aliphatic rings. The molecule has 0 unspecified atom stereocenters. The third kappa shape index (κ3) is 2.21. The average molecular weight is 363 g/mol. The molecule has 27 heavy (non-hydrogen) atoms. The number of carboxylic acid groups (broad SMARTS) is 1. The van der Waals surface area contributed by atoms with Gasteiger partial charge in [-0.2, -0.15) is 0 Å². The van der Waals surface area contributed by atoms with Crippen molar-refractivity contribution in [3.05, 3.63) is 65.2 Å². The number of para-hydroxylation sites is 1. The molecule has 2 aromatic carbocycles. The van der Waals surface area contributed by atoms with Crippen LogP contribution in [-0.2, 0) is 21.5 Å². The summed E-state index contributed by atoms with van der Waals surface area (Å²) in [4.78, 5) is 26.7. The van der Waals surface area contributed by atoms with E-state index in [1.54, 1.807) is 18.2 Å². The molecule has 1 amide bonds. The highest BCUT2D eigenvalue weighted by Gasteiger charge is 2.75. The number of rotatable bonds is 3. The Hall–Kier alpha value is -2.66. The number of fused-ring (bicyclic) bond motifs is 3. The van der Waals surface area contributed by atoms with Crippen molar-refractivity contribution in [3.8, 4) is 0 Å². The Morgan fingerprint density at radius 2 is 1.89 bits per heavy atom. The minimum atomic E-state index is -0.954. The van der Waals surface area contributed by atoms with Crippen LogP contribution in [0.15, 0.2) is 48.5 Å². The number of hydrogen-bond donors (Lipinski definition) is 1. The van der Waals surface area contributed by atoms with Gasteiger partial charge in [-0.3, -0.25) is 4.79 Å². The number of anilines is 1. The summed E-state index contributed by atoms with van der Waals surface area (Å²) >= 11 is 0. The SMILES string of the molecule is O=C(O)c1cccc(CN2C(=O)[C@]3(CC34CCOCC4)c3ccccc32)c1. The van der Waals surface area contributed by atoms with Gasteiger partial charge in [0.05, 0.1) is 17.5 Å². The topological polar surface area (TPSA) is 66.8 Å². The molecule has 1 aliphatic carbocycles. The zero-order valence-electron chi connectivity index (χ0n) is 15.0. The number of aromatic carboxylic acids is 1. The first kappa shape index (κ1) is 16.5. The quantitative estimate of drug-likeness (QED) is 0.908. The van der Waals surface area contributed by atoms with Crippen molar-refractivity contribution in [2.75, 3.05) is 18.1 Å². The molecule has 2 spiro atoms. The van der Waals surface area contributed by atoms with Crippen LogP contribution in [0.5, 0.6) is 0 Å². The molecule has 2 heterocycles. The monoisotopic (exact) mass is 363 g/mol. The van der Waals surface area contributed by atoms with Crippen LogP contribution in [0.2, 0.25) is 0 Å². The van der Waals surface area contributed by atoms with E-state index in [0.29, 0.717) is 6.54 Å². The van der Waals surface area contributed by atoms with Gasteiger partial charge in [0.25, 0.3) is 0 Å². The lowest BCUT2D eigenvalue weighted by molar-refractivity contribution is -0.121. The summed E-state index contributed by atoms with van der Waals surface area (Å²) in [6.45, 7) is 1.83. The summed E-state index contributed by atoms with van der Waals surface area (Å²) in [5, 5.41) is 9.25. The van der Waals surface area contributed by atoms with Crippen molar-refractivity contribution in [3.63, 3.8) is 0 Å². The van der Waals surface area contributed by atoms with Gasteiger partial charge in [-0.1, -0.05) is 30.3 Å². The zero-order valence-corrected chi connectivity index (χ0v) is 15.0. The van der Waals surface area contributed by atoms with Gasteiger partial charge in [-0.25, -0.2) is 4.79 Å². The van der Waals surface area contributed by atoms with Crippen LogP contribution < -0.4 is 4.90 Å². The summed E-state index contributed by atoms with van der Waals surface area (Å²) in [5.74, 6) is -0.795. The standard InChI is InChI=1S/C22H21NO4/c24-19(25)16-5-3-4-15(12-16)13-23-18-7-2-1-6-17(18)22(20(23)26)14-21(22)8-10-27-11-9-21/h1-7,12H,8-11,13-14H2,(H,24,25)/t22-/m0/s1. The van der Waals surface area contributed by atoms with Gasteiger partial charge >= 0.3 is 5.97 Å². The molecule has 2 fully saturated rings. The molecule has 2 aromatic rings. The number of hydrogen-bond acceptors (Lipinski definition) is 3. The highest BCUT2D eigenvalue weighted by Crippen LogP contribution is 2.73. The first-order chi connectivity index (χ1) is 13.1. The van der Waals surface area contributed by atoms with Crippen molar-refractivity contribution in [1.29, 1.82) is 0 Å². The Balaban J connectivity index is 1.53. The number of amides is 1. The van der Waals surface area contributed by atoms with Gasteiger partial charge in [-0.15, -0.1) is 0 Å².